The molecular weight excluding hydrogens is 352 g/mol. The Morgan fingerprint density at radius 1 is 1.07 bits per heavy atom. The van der Waals surface area contributed by atoms with E-state index in [0.29, 0.717) is 5.92 Å². The molecule has 4 aliphatic rings. The van der Waals surface area contributed by atoms with Crippen LogP contribution >= 0.6 is 11.8 Å². The van der Waals surface area contributed by atoms with E-state index in [4.69, 9.17) is 0 Å². The Balaban J connectivity index is 1.58. The molecule has 138 valence electrons. The second-order valence-corrected chi connectivity index (χ2v) is 9.93. The number of para-hydroxylation sites is 2. The van der Waals surface area contributed by atoms with Gasteiger partial charge >= 0.3 is 0 Å². The van der Waals surface area contributed by atoms with Gasteiger partial charge in [0.2, 0.25) is 0 Å². The van der Waals surface area contributed by atoms with Gasteiger partial charge < -0.3 is 10.2 Å². The molecule has 2 atom stereocenters. The van der Waals surface area contributed by atoms with Crippen molar-refractivity contribution in [2.45, 2.75) is 66.7 Å². The Bertz CT molecular complexity index is 938. The summed E-state index contributed by atoms with van der Waals surface area (Å²) in [6, 6.07) is 14.9. The van der Waals surface area contributed by atoms with E-state index in [9.17, 15) is 4.79 Å². The van der Waals surface area contributed by atoms with Crippen LogP contribution in [0.1, 0.15) is 62.5 Å². The lowest BCUT2D eigenvalue weighted by atomic mass is 9.70. The van der Waals surface area contributed by atoms with Gasteiger partial charge in [0.1, 0.15) is 0 Å². The van der Waals surface area contributed by atoms with Crippen molar-refractivity contribution >= 4 is 29.0 Å². The van der Waals surface area contributed by atoms with Gasteiger partial charge in [0, 0.05) is 21.7 Å². The van der Waals surface area contributed by atoms with Gasteiger partial charge in [-0.15, -0.1) is 0 Å². The molecule has 2 unspecified atom stereocenters. The summed E-state index contributed by atoms with van der Waals surface area (Å²) < 4.78 is 0. The smallest absolute Gasteiger partial charge is 0.268 e. The molecule has 6 rings (SSSR count). The summed E-state index contributed by atoms with van der Waals surface area (Å²) >= 11 is 1.70. The first-order valence-corrected chi connectivity index (χ1v) is 11.0. The molecule has 1 amide bonds. The molecule has 0 aromatic heterocycles. The first-order chi connectivity index (χ1) is 13.1. The quantitative estimate of drug-likeness (QED) is 0.648. The number of rotatable bonds is 0. The van der Waals surface area contributed by atoms with Gasteiger partial charge in [0.05, 0.1) is 5.69 Å². The lowest BCUT2D eigenvalue weighted by molar-refractivity contribution is -0.121. The summed E-state index contributed by atoms with van der Waals surface area (Å²) in [6.07, 6.45) is 7.16. The van der Waals surface area contributed by atoms with Crippen molar-refractivity contribution in [1.29, 1.82) is 0 Å². The zero-order chi connectivity index (χ0) is 18.2. The number of anilines is 2. The van der Waals surface area contributed by atoms with Crippen LogP contribution in [0, 0.1) is 0 Å². The third-order valence-corrected chi connectivity index (χ3v) is 8.49. The predicted octanol–water partition coefficient (Wildman–Crippen LogP) is 5.61. The maximum Gasteiger partial charge on any atom is 0.268 e. The molecular formula is C23H24N2OS. The molecule has 4 heteroatoms. The maximum absolute atomic E-state index is 14.1. The third-order valence-electron chi connectivity index (χ3n) is 7.11. The Morgan fingerprint density at radius 3 is 2.70 bits per heavy atom. The summed E-state index contributed by atoms with van der Waals surface area (Å²) in [7, 11) is 0. The number of carbonyl (C=O) groups excluding carboxylic acids is 1. The molecule has 0 radical (unpaired) electrons. The van der Waals surface area contributed by atoms with Crippen LogP contribution in [0.5, 0.6) is 0 Å². The van der Waals surface area contributed by atoms with E-state index in [1.165, 1.54) is 41.0 Å². The van der Waals surface area contributed by atoms with Gasteiger partial charge in [-0.3, -0.25) is 4.79 Å². The number of benzene rings is 2. The Hall–Kier alpha value is -1.94. The predicted molar refractivity (Wildman–Crippen MR) is 110 cm³/mol. The van der Waals surface area contributed by atoms with Gasteiger partial charge in [-0.2, -0.15) is 0 Å². The molecule has 2 aromatic carbocycles. The van der Waals surface area contributed by atoms with Crippen molar-refractivity contribution in [1.82, 2.24) is 0 Å². The van der Waals surface area contributed by atoms with E-state index < -0.39 is 4.87 Å². The average Bonchev–Trinajstić information content (AvgIpc) is 3.19. The molecule has 0 bridgehead atoms. The van der Waals surface area contributed by atoms with Crippen molar-refractivity contribution in [3.05, 3.63) is 53.6 Å². The minimum absolute atomic E-state index is 0.0123. The van der Waals surface area contributed by atoms with Crippen molar-refractivity contribution in [2.24, 2.45) is 0 Å². The van der Waals surface area contributed by atoms with Crippen LogP contribution in [0.4, 0.5) is 11.4 Å². The summed E-state index contributed by atoms with van der Waals surface area (Å²) in [5.74, 6) is 0.756. The number of hydrogen-bond donors (Lipinski definition) is 1. The van der Waals surface area contributed by atoms with Gasteiger partial charge in [0.15, 0.2) is 4.87 Å². The number of nitrogens with zero attached hydrogens (tertiary/aromatic N) is 1. The summed E-state index contributed by atoms with van der Waals surface area (Å²) in [5.41, 5.74) is 4.84. The lowest BCUT2D eigenvalue weighted by Crippen LogP contribution is -2.57. The fraction of sp³-hybridized carbons (Fsp3) is 0.435. The van der Waals surface area contributed by atoms with Crippen LogP contribution in [-0.2, 0) is 9.67 Å². The van der Waals surface area contributed by atoms with Gasteiger partial charge in [-0.1, -0.05) is 68.3 Å². The highest BCUT2D eigenvalue weighted by molar-refractivity contribution is 8.01. The van der Waals surface area contributed by atoms with E-state index in [1.54, 1.807) is 11.8 Å². The molecule has 3 heterocycles. The van der Waals surface area contributed by atoms with E-state index in [2.05, 4.69) is 53.5 Å². The zero-order valence-electron chi connectivity index (χ0n) is 15.6. The van der Waals surface area contributed by atoms with Crippen LogP contribution in [0.25, 0.3) is 0 Å². The van der Waals surface area contributed by atoms with E-state index in [1.807, 2.05) is 6.07 Å². The summed E-state index contributed by atoms with van der Waals surface area (Å²) in [5, 5.41) is 3.64. The monoisotopic (exact) mass is 376 g/mol. The van der Waals surface area contributed by atoms with Crippen LogP contribution in [0.2, 0.25) is 0 Å². The number of nitrogens with one attached hydrogen (secondary N) is 1. The van der Waals surface area contributed by atoms with Crippen molar-refractivity contribution < 1.29 is 4.79 Å². The molecule has 27 heavy (non-hydrogen) atoms. The fourth-order valence-electron chi connectivity index (χ4n) is 5.99. The number of fused-ring (bicyclic) bond motifs is 3. The van der Waals surface area contributed by atoms with Crippen molar-refractivity contribution in [3.8, 4) is 0 Å². The highest BCUT2D eigenvalue weighted by Gasteiger charge is 2.62. The minimum Gasteiger partial charge on any atom is -0.358 e. The molecule has 0 saturated heterocycles. The van der Waals surface area contributed by atoms with Crippen molar-refractivity contribution in [2.75, 3.05) is 10.2 Å². The number of carbonyl (C=O) groups is 1. The molecule has 1 saturated carbocycles. The number of thioether (sulfide) groups is 1. The second kappa shape index (κ2) is 5.32. The zero-order valence-corrected chi connectivity index (χ0v) is 16.4. The Labute approximate surface area is 164 Å². The summed E-state index contributed by atoms with van der Waals surface area (Å²) in [6.45, 7) is 2.35. The van der Waals surface area contributed by atoms with Gasteiger partial charge in [-0.05, 0) is 42.9 Å². The van der Waals surface area contributed by atoms with Crippen LogP contribution in [0.15, 0.2) is 47.4 Å². The maximum atomic E-state index is 14.1. The van der Waals surface area contributed by atoms with Crippen LogP contribution in [0.3, 0.4) is 0 Å². The second-order valence-electron chi connectivity index (χ2n) is 8.68. The third kappa shape index (κ3) is 1.92. The molecule has 2 aromatic rings. The van der Waals surface area contributed by atoms with Crippen LogP contribution < -0.4 is 10.2 Å². The molecule has 2 spiro atoms. The van der Waals surface area contributed by atoms with Crippen molar-refractivity contribution in [3.63, 3.8) is 0 Å². The lowest BCUT2D eigenvalue weighted by Gasteiger charge is -2.50. The molecule has 1 aliphatic carbocycles. The first-order valence-electron chi connectivity index (χ1n) is 10.2. The molecule has 1 N–H and O–H groups in total. The molecule has 1 fully saturated rings. The van der Waals surface area contributed by atoms with Gasteiger partial charge in [-0.25, -0.2) is 0 Å². The highest BCUT2D eigenvalue weighted by Crippen LogP contribution is 2.63. The highest BCUT2D eigenvalue weighted by atomic mass is 32.2. The Morgan fingerprint density at radius 2 is 1.89 bits per heavy atom. The first kappa shape index (κ1) is 16.1. The van der Waals surface area contributed by atoms with E-state index >= 15 is 0 Å². The van der Waals surface area contributed by atoms with E-state index in [-0.39, 0.29) is 11.4 Å². The minimum atomic E-state index is -0.691. The van der Waals surface area contributed by atoms with Gasteiger partial charge in [0.25, 0.3) is 5.91 Å². The molecule has 3 nitrogen and oxygen atoms in total. The van der Waals surface area contributed by atoms with Crippen LogP contribution in [-0.4, -0.2) is 11.4 Å². The fourth-order valence-corrected chi connectivity index (χ4v) is 7.31. The Kier molecular flexibility index (Phi) is 3.16. The SMILES string of the molecule is CC1CC2(CCCCC2)N2C(=O)C3(Nc4ccccc4S3)c3cccc1c32. The number of hydrogen-bond acceptors (Lipinski definition) is 3. The largest absolute Gasteiger partial charge is 0.358 e. The normalized spacial score (nSPS) is 29.7. The topological polar surface area (TPSA) is 32.3 Å². The van der Waals surface area contributed by atoms with E-state index in [0.717, 1.165) is 24.9 Å². The standard InChI is InChI=1S/C23H24N2OS/c1-15-14-22(12-5-2-6-13-22)25-20-16(15)8-7-9-17(20)23(21(25)26)24-18-10-3-4-11-19(18)27-23/h3-4,7-11,15,24H,2,5-6,12-14H2,1H3. The number of amides is 1. The molecule has 3 aliphatic heterocycles. The average molecular weight is 377 g/mol. The summed E-state index contributed by atoms with van der Waals surface area (Å²) in [4.78, 5) is 16.8.